The Morgan fingerprint density at radius 2 is 0.746 bits per heavy atom. The van der Waals surface area contributed by atoms with E-state index in [4.69, 9.17) is 25.6 Å². The van der Waals surface area contributed by atoms with E-state index in [2.05, 4.69) is 155 Å². The molecule has 0 atom stereocenters. The first-order valence-electron chi connectivity index (χ1n) is 21.2. The summed E-state index contributed by atoms with van der Waals surface area (Å²) in [5.41, 5.74) is 8.40. The third-order valence-electron chi connectivity index (χ3n) is 9.88. The maximum atomic E-state index is 8.26. The molecule has 0 saturated heterocycles. The molecule has 4 aromatic carbocycles. The average Bonchev–Trinajstić information content (AvgIpc) is 3.78. The van der Waals surface area contributed by atoms with E-state index in [9.17, 15) is 0 Å². The molecular formula is C54H64GeN4O4. The fourth-order valence-corrected chi connectivity index (χ4v) is 10.3. The Kier molecular flexibility index (Phi) is 16.4. The summed E-state index contributed by atoms with van der Waals surface area (Å²) in [6.07, 6.45) is 6.38. The number of aromatic nitrogens is 2. The van der Waals surface area contributed by atoms with Gasteiger partial charge < -0.3 is 0 Å². The molecule has 63 heavy (non-hydrogen) atoms. The summed E-state index contributed by atoms with van der Waals surface area (Å²) >= 11 is -4.10. The molecule has 0 fully saturated rings. The van der Waals surface area contributed by atoms with Crippen molar-refractivity contribution in [1.82, 2.24) is 9.97 Å². The van der Waals surface area contributed by atoms with Gasteiger partial charge in [0.05, 0.1) is 23.3 Å². The molecule has 2 aliphatic heterocycles. The van der Waals surface area contributed by atoms with Crippen molar-refractivity contribution >= 4 is 14.6 Å². The van der Waals surface area contributed by atoms with E-state index in [-0.39, 0.29) is 21.7 Å². The van der Waals surface area contributed by atoms with Gasteiger partial charge in [0.2, 0.25) is 0 Å². The van der Waals surface area contributed by atoms with Crippen LogP contribution in [0.4, 0.5) is 0 Å². The van der Waals surface area contributed by atoms with Crippen LogP contribution in [0.1, 0.15) is 128 Å². The molecule has 1 spiro atoms. The van der Waals surface area contributed by atoms with E-state index < -0.39 is 14.6 Å². The Balaban J connectivity index is 0.000000230. The normalized spacial score (nSPS) is 12.9. The molecule has 2 aliphatic rings. The van der Waals surface area contributed by atoms with Gasteiger partial charge in [-0.15, -0.1) is 0 Å². The van der Waals surface area contributed by atoms with E-state index in [1.807, 2.05) is 48.5 Å². The van der Waals surface area contributed by atoms with Gasteiger partial charge in [0.1, 0.15) is 0 Å². The molecule has 4 heterocycles. The molecule has 8 rings (SSSR count). The van der Waals surface area contributed by atoms with Crippen molar-refractivity contribution in [3.8, 4) is 35.1 Å². The Bertz CT molecular complexity index is 2300. The van der Waals surface area contributed by atoms with Crippen LogP contribution in [0.25, 0.3) is 0 Å². The molecule has 9 heteroatoms. The van der Waals surface area contributed by atoms with Crippen LogP contribution < -0.4 is 15.1 Å². The van der Waals surface area contributed by atoms with Crippen LogP contribution in [0.5, 0.6) is 23.0 Å². The van der Waals surface area contributed by atoms with E-state index in [1.54, 1.807) is 49.1 Å². The van der Waals surface area contributed by atoms with Crippen molar-refractivity contribution in [2.45, 2.75) is 119 Å². The number of benzene rings is 4. The molecule has 6 aromatic rings. The largest absolute Gasteiger partial charge is 0.265 e. The first-order chi connectivity index (χ1) is 29.5. The van der Waals surface area contributed by atoms with Crippen LogP contribution in [0.3, 0.4) is 0 Å². The quantitative estimate of drug-likeness (QED) is 0.139. The third kappa shape index (κ3) is 14.5. The first kappa shape index (κ1) is 49.6. The second-order valence-corrected chi connectivity index (χ2v) is 23.4. The summed E-state index contributed by atoms with van der Waals surface area (Å²) in [6.45, 7) is 30.7. The van der Waals surface area contributed by atoms with Crippen molar-refractivity contribution in [2.24, 2.45) is 0 Å². The van der Waals surface area contributed by atoms with Gasteiger partial charge in [-0.1, -0.05) is 71.8 Å². The van der Waals surface area contributed by atoms with Gasteiger partial charge in [0, 0.05) is 24.8 Å². The summed E-state index contributed by atoms with van der Waals surface area (Å²) in [6, 6.07) is 39.9. The SMILES string of the molecule is CC(C)(C)c1cc2c(c(C(C)(C)C)c1)[O][Ge]1([O]2)[O]c2cc(C(C)(C)C)cc(C(C)(C)C)c2[O]1.Cc1ccccc1.Cc1ccccc1.N#Cc1ccncc1.N#Cc1ccncc1. The number of fused-ring (bicyclic) bond motifs is 2. The maximum Gasteiger partial charge on any atom is 0.0992 e. The first-order valence-corrected chi connectivity index (χ1v) is 24.7. The molecule has 0 unspecified atom stereocenters. The predicted octanol–water partition coefficient (Wildman–Crippen LogP) is 13.5. The Morgan fingerprint density at radius 3 is 0.968 bits per heavy atom. The zero-order valence-corrected chi connectivity index (χ0v) is 41.7. The van der Waals surface area contributed by atoms with E-state index in [0.717, 1.165) is 34.1 Å². The van der Waals surface area contributed by atoms with Gasteiger partial charge in [0.25, 0.3) is 0 Å². The fraction of sp³-hybridized carbons (Fsp3) is 0.333. The van der Waals surface area contributed by atoms with Gasteiger partial charge in [-0.25, -0.2) is 0 Å². The summed E-state index contributed by atoms with van der Waals surface area (Å²) in [5, 5.41) is 16.5. The van der Waals surface area contributed by atoms with Crippen molar-refractivity contribution in [3.63, 3.8) is 0 Å². The van der Waals surface area contributed by atoms with Gasteiger partial charge in [-0.3, -0.25) is 9.97 Å². The van der Waals surface area contributed by atoms with Crippen LogP contribution in [0.15, 0.2) is 134 Å². The molecule has 0 radical (unpaired) electrons. The number of hydrogen-bond donors (Lipinski definition) is 0. The summed E-state index contributed by atoms with van der Waals surface area (Å²) < 4.78 is 26.2. The molecule has 2 aromatic heterocycles. The molecule has 8 nitrogen and oxygen atoms in total. The second-order valence-electron chi connectivity index (χ2n) is 19.6. The van der Waals surface area contributed by atoms with Gasteiger partial charge >= 0.3 is 204 Å². The topological polar surface area (TPSA) is 110 Å². The van der Waals surface area contributed by atoms with Gasteiger partial charge in [0.15, 0.2) is 0 Å². The standard InChI is InChI=1S/C28H40GeO4.2C7H8.2C6H4N2/c1-25(2,3)17-13-19(27(7,8)9)23-21(15-17)30-29(32-23)31-22-16-18(26(4,5)6)14-20(24(22)33-29)28(10,11)12;2*1-7-5-3-2-4-6-7;2*7-5-6-1-3-8-4-2-6/h13-16H,1-12H3;2*2-6H,1H3;2*1-4H. The van der Waals surface area contributed by atoms with Crippen LogP contribution in [0.2, 0.25) is 0 Å². The van der Waals surface area contributed by atoms with E-state index in [1.165, 1.54) is 22.3 Å². The summed E-state index contributed by atoms with van der Waals surface area (Å²) in [7, 11) is 0. The summed E-state index contributed by atoms with van der Waals surface area (Å²) in [5.74, 6) is 3.04. The third-order valence-corrected chi connectivity index (χ3v) is 13.8. The van der Waals surface area contributed by atoms with E-state index >= 15 is 0 Å². The summed E-state index contributed by atoms with van der Waals surface area (Å²) in [4.78, 5) is 7.48. The molecule has 0 amide bonds. The Hall–Kier alpha value is -6.10. The van der Waals surface area contributed by atoms with Crippen LogP contribution in [-0.2, 0) is 21.7 Å². The average molecular weight is 906 g/mol. The zero-order chi connectivity index (χ0) is 46.6. The number of aryl methyl sites for hydroxylation is 2. The smallest absolute Gasteiger partial charge is 0.0992 e. The number of nitriles is 2. The van der Waals surface area contributed by atoms with Crippen molar-refractivity contribution < 1.29 is 15.1 Å². The van der Waals surface area contributed by atoms with E-state index in [0.29, 0.717) is 11.1 Å². The molecule has 0 aliphatic carbocycles. The minimum absolute atomic E-state index is 0.0114. The predicted molar refractivity (Wildman–Crippen MR) is 256 cm³/mol. The van der Waals surface area contributed by atoms with Crippen molar-refractivity contribution in [1.29, 1.82) is 10.5 Å². The Morgan fingerprint density at radius 1 is 0.429 bits per heavy atom. The fourth-order valence-electron chi connectivity index (χ4n) is 6.11. The van der Waals surface area contributed by atoms with Crippen molar-refractivity contribution in [2.75, 3.05) is 0 Å². The van der Waals surface area contributed by atoms with Crippen LogP contribution >= 0.6 is 0 Å². The molecule has 0 N–H and O–H groups in total. The van der Waals surface area contributed by atoms with Crippen LogP contribution in [0, 0.1) is 36.5 Å². The number of nitrogens with zero attached hydrogens (tertiary/aromatic N) is 4. The number of hydrogen-bond acceptors (Lipinski definition) is 8. The Labute approximate surface area is 380 Å². The van der Waals surface area contributed by atoms with Gasteiger partial charge in [-0.05, 0) is 38.1 Å². The number of pyridine rings is 2. The van der Waals surface area contributed by atoms with Crippen molar-refractivity contribution in [3.05, 3.63) is 178 Å². The van der Waals surface area contributed by atoms with Gasteiger partial charge in [-0.2, -0.15) is 10.5 Å². The monoisotopic (exact) mass is 906 g/mol. The second kappa shape index (κ2) is 20.8. The minimum Gasteiger partial charge on any atom is -0.265 e. The molecule has 0 bridgehead atoms. The molecular weight excluding hydrogens is 841 g/mol. The number of rotatable bonds is 0. The maximum absolute atomic E-state index is 8.26. The minimum atomic E-state index is -4.10. The molecule has 0 saturated carbocycles. The molecule has 328 valence electrons. The van der Waals surface area contributed by atoms with Crippen LogP contribution in [-0.4, -0.2) is 24.6 Å². The zero-order valence-electron chi connectivity index (χ0n) is 39.6.